The number of aliphatic carboxylic acids is 1. The highest BCUT2D eigenvalue weighted by atomic mass is 32.2. The van der Waals surface area contributed by atoms with Gasteiger partial charge >= 0.3 is 11.9 Å². The molecule has 2 amide bonds. The second-order valence-corrected chi connectivity index (χ2v) is 8.48. The fraction of sp³-hybridized carbons (Fsp3) is 0.174. The molecule has 0 saturated carbocycles. The summed E-state index contributed by atoms with van der Waals surface area (Å²) in [7, 11) is 0. The first-order valence-corrected chi connectivity index (χ1v) is 11.2. The van der Waals surface area contributed by atoms with Gasteiger partial charge in [-0.2, -0.15) is 0 Å². The lowest BCUT2D eigenvalue weighted by Gasteiger charge is -2.49. The molecule has 11 heteroatoms. The summed E-state index contributed by atoms with van der Waals surface area (Å²) >= 11 is 1.23. The predicted octanol–water partition coefficient (Wildman–Crippen LogP) is 1.46. The molecular formula is C23H19N3O7S. The molecule has 1 fully saturated rings. The number of carboxylic acids is 1. The fourth-order valence-electron chi connectivity index (χ4n) is 3.64. The van der Waals surface area contributed by atoms with E-state index < -0.39 is 35.2 Å². The van der Waals surface area contributed by atoms with Gasteiger partial charge in [-0.05, 0) is 12.1 Å². The summed E-state index contributed by atoms with van der Waals surface area (Å²) in [6, 6.07) is 15.5. The van der Waals surface area contributed by atoms with Crippen molar-refractivity contribution in [2.45, 2.75) is 11.4 Å². The molecule has 0 aromatic heterocycles. The number of β-lactam (4-membered cyclic amide) rings is 1. The highest BCUT2D eigenvalue weighted by Crippen LogP contribution is 2.40. The van der Waals surface area contributed by atoms with Gasteiger partial charge in [0, 0.05) is 16.9 Å². The lowest BCUT2D eigenvalue weighted by molar-refractivity contribution is -0.150. The molecule has 2 aromatic rings. The molecule has 2 heterocycles. The molecule has 2 aliphatic heterocycles. The smallest absolute Gasteiger partial charge is 0.352 e. The number of esters is 1. The summed E-state index contributed by atoms with van der Waals surface area (Å²) in [4.78, 5) is 50.6. The summed E-state index contributed by atoms with van der Waals surface area (Å²) < 4.78 is 5.25. The molecule has 0 unspecified atom stereocenters. The summed E-state index contributed by atoms with van der Waals surface area (Å²) in [6.07, 6.45) is 0. The lowest BCUT2D eigenvalue weighted by Crippen LogP contribution is -2.71. The maximum absolute atomic E-state index is 12.8. The second-order valence-electron chi connectivity index (χ2n) is 7.38. The minimum Gasteiger partial charge on any atom is -0.477 e. The standard InChI is InChI=1S/C23H19N3O7S/c27-19(16(25-32)13-7-3-1-4-8-13)24-17-20(28)26-18(22(29)30)15(12-34-21(17)26)11-33-23(31)14-9-5-2-6-10-14/h1-10,17,21,32H,11-12H2,(H,24,27)(H,29,30)/t17-,21+/m1/s1. The van der Waals surface area contributed by atoms with Crippen molar-refractivity contribution in [3.05, 3.63) is 83.1 Å². The Hall–Kier alpha value is -4.12. The number of hydrogen-bond donors (Lipinski definition) is 3. The normalized spacial score (nSPS) is 19.7. The summed E-state index contributed by atoms with van der Waals surface area (Å²) in [5.41, 5.74) is 0.424. The van der Waals surface area contributed by atoms with Crippen LogP contribution in [0.3, 0.4) is 0 Å². The van der Waals surface area contributed by atoms with Crippen LogP contribution < -0.4 is 5.32 Å². The van der Waals surface area contributed by atoms with E-state index in [2.05, 4.69) is 10.5 Å². The number of thioether (sulfide) groups is 1. The van der Waals surface area contributed by atoms with Crippen LogP contribution in [0, 0.1) is 0 Å². The minimum absolute atomic E-state index is 0.185. The molecule has 0 spiro atoms. The van der Waals surface area contributed by atoms with Crippen molar-refractivity contribution in [1.82, 2.24) is 10.2 Å². The number of benzene rings is 2. The summed E-state index contributed by atoms with van der Waals surface area (Å²) in [5, 5.41) is 23.9. The van der Waals surface area contributed by atoms with Gasteiger partial charge in [0.05, 0.1) is 5.56 Å². The van der Waals surface area contributed by atoms with Gasteiger partial charge < -0.3 is 20.4 Å². The van der Waals surface area contributed by atoms with Gasteiger partial charge in [-0.3, -0.25) is 14.5 Å². The van der Waals surface area contributed by atoms with E-state index in [-0.39, 0.29) is 29.3 Å². The van der Waals surface area contributed by atoms with Crippen LogP contribution in [-0.4, -0.2) is 68.5 Å². The predicted molar refractivity (Wildman–Crippen MR) is 121 cm³/mol. The van der Waals surface area contributed by atoms with Crippen molar-refractivity contribution < 1.29 is 34.2 Å². The number of ether oxygens (including phenoxy) is 1. The van der Waals surface area contributed by atoms with E-state index in [4.69, 9.17) is 4.74 Å². The minimum atomic E-state index is -1.34. The first-order chi connectivity index (χ1) is 16.4. The van der Waals surface area contributed by atoms with Crippen LogP contribution in [0.4, 0.5) is 0 Å². The number of oxime groups is 1. The molecule has 10 nitrogen and oxygen atoms in total. The van der Waals surface area contributed by atoms with E-state index in [1.807, 2.05) is 0 Å². The molecule has 0 aliphatic carbocycles. The third kappa shape index (κ3) is 4.37. The zero-order chi connectivity index (χ0) is 24.2. The van der Waals surface area contributed by atoms with Gasteiger partial charge in [-0.25, -0.2) is 9.59 Å². The average Bonchev–Trinajstić information content (AvgIpc) is 2.86. The molecule has 34 heavy (non-hydrogen) atoms. The molecule has 2 atom stereocenters. The van der Waals surface area contributed by atoms with Crippen LogP contribution >= 0.6 is 11.8 Å². The van der Waals surface area contributed by atoms with Crippen molar-refractivity contribution in [3.8, 4) is 0 Å². The van der Waals surface area contributed by atoms with E-state index >= 15 is 0 Å². The third-order valence-electron chi connectivity index (χ3n) is 5.29. The van der Waals surface area contributed by atoms with Crippen LogP contribution in [0.25, 0.3) is 0 Å². The largest absolute Gasteiger partial charge is 0.477 e. The molecule has 0 radical (unpaired) electrons. The van der Waals surface area contributed by atoms with Crippen molar-refractivity contribution in [3.63, 3.8) is 0 Å². The number of nitrogens with one attached hydrogen (secondary N) is 1. The number of hydrogen-bond acceptors (Lipinski definition) is 8. The topological polar surface area (TPSA) is 146 Å². The van der Waals surface area contributed by atoms with Crippen molar-refractivity contribution in [1.29, 1.82) is 0 Å². The average molecular weight is 481 g/mol. The molecule has 2 aliphatic rings. The first-order valence-electron chi connectivity index (χ1n) is 10.1. The number of rotatable bonds is 7. The van der Waals surface area contributed by atoms with Crippen LogP contribution in [0.15, 0.2) is 77.1 Å². The molecule has 1 saturated heterocycles. The van der Waals surface area contributed by atoms with Crippen LogP contribution in [0.1, 0.15) is 15.9 Å². The maximum Gasteiger partial charge on any atom is 0.352 e. The Morgan fingerprint density at radius 1 is 1.06 bits per heavy atom. The van der Waals surface area contributed by atoms with Crippen molar-refractivity contribution in [2.24, 2.45) is 5.16 Å². The van der Waals surface area contributed by atoms with Crippen LogP contribution in [0.2, 0.25) is 0 Å². The van der Waals surface area contributed by atoms with Gasteiger partial charge in [0.25, 0.3) is 11.8 Å². The molecule has 0 bridgehead atoms. The zero-order valence-electron chi connectivity index (χ0n) is 17.6. The Morgan fingerprint density at radius 3 is 2.26 bits per heavy atom. The number of amides is 2. The van der Waals surface area contributed by atoms with Crippen LogP contribution in [-0.2, 0) is 19.1 Å². The summed E-state index contributed by atoms with van der Waals surface area (Å²) in [5.74, 6) is -3.15. The van der Waals surface area contributed by atoms with Gasteiger partial charge in [0.2, 0.25) is 0 Å². The lowest BCUT2D eigenvalue weighted by atomic mass is 10.0. The van der Waals surface area contributed by atoms with Gasteiger partial charge in [-0.1, -0.05) is 53.7 Å². The van der Waals surface area contributed by atoms with E-state index in [1.54, 1.807) is 60.7 Å². The first kappa shape index (κ1) is 23.1. The SMILES string of the molecule is O=C(O)C1=C(COC(=O)c2ccccc2)CS[C@H]2[C@H](NC(=O)C(=NO)c3ccccc3)C(=O)N12. The number of carbonyl (C=O) groups excluding carboxylic acids is 3. The Bertz CT molecular complexity index is 1200. The monoisotopic (exact) mass is 481 g/mol. The van der Waals surface area contributed by atoms with E-state index in [0.717, 1.165) is 4.90 Å². The molecule has 2 aromatic carbocycles. The number of carboxylic acid groups (broad SMARTS) is 1. The van der Waals surface area contributed by atoms with E-state index in [9.17, 15) is 29.5 Å². The van der Waals surface area contributed by atoms with E-state index in [1.165, 1.54) is 11.8 Å². The zero-order valence-corrected chi connectivity index (χ0v) is 18.4. The number of carbonyl (C=O) groups is 4. The molecule has 3 N–H and O–H groups in total. The van der Waals surface area contributed by atoms with Crippen molar-refractivity contribution in [2.75, 3.05) is 12.4 Å². The van der Waals surface area contributed by atoms with E-state index in [0.29, 0.717) is 11.1 Å². The highest BCUT2D eigenvalue weighted by molar-refractivity contribution is 8.00. The number of fused-ring (bicyclic) bond motifs is 1. The Balaban J connectivity index is 1.46. The highest BCUT2D eigenvalue weighted by Gasteiger charge is 2.54. The number of nitrogens with zero attached hydrogens (tertiary/aromatic N) is 2. The van der Waals surface area contributed by atoms with Gasteiger partial charge in [0.1, 0.15) is 23.7 Å². The van der Waals surface area contributed by atoms with Crippen LogP contribution in [0.5, 0.6) is 0 Å². The Morgan fingerprint density at radius 2 is 1.68 bits per heavy atom. The van der Waals surface area contributed by atoms with Crippen molar-refractivity contribution >= 4 is 41.2 Å². The Kier molecular flexibility index (Phi) is 6.64. The maximum atomic E-state index is 12.8. The van der Waals surface area contributed by atoms with Gasteiger partial charge in [0.15, 0.2) is 5.71 Å². The quantitative estimate of drug-likeness (QED) is 0.177. The molecule has 174 valence electrons. The fourth-order valence-corrected chi connectivity index (χ4v) is 4.97. The Labute approximate surface area is 197 Å². The molecule has 4 rings (SSSR count). The summed E-state index contributed by atoms with van der Waals surface area (Å²) in [6.45, 7) is -0.286. The third-order valence-corrected chi connectivity index (χ3v) is 6.63. The van der Waals surface area contributed by atoms with Gasteiger partial charge in [-0.15, -0.1) is 11.8 Å². The molecular weight excluding hydrogens is 462 g/mol. The second kappa shape index (κ2) is 9.79.